The van der Waals surface area contributed by atoms with Gasteiger partial charge in [0.05, 0.1) is 6.00 Å². The maximum Gasteiger partial charge on any atom is 0.0901 e. The lowest BCUT2D eigenvalue weighted by Crippen LogP contribution is -2.06. The zero-order chi connectivity index (χ0) is 7.82. The molecule has 0 atom stereocenters. The molecule has 0 aliphatic rings. The average Bonchev–Trinajstić information content (AvgIpc) is 1.89. The molecule has 0 rings (SSSR count). The zero-order valence-corrected chi connectivity index (χ0v) is 6.73. The van der Waals surface area contributed by atoms with Gasteiger partial charge in [0.2, 0.25) is 0 Å². The van der Waals surface area contributed by atoms with E-state index in [9.17, 15) is 0 Å². The molecule has 0 aliphatic heterocycles. The number of rotatable bonds is 4. The molecule has 0 aromatic heterocycles. The number of halogens is 1. The van der Waals surface area contributed by atoms with Crippen molar-refractivity contribution in [3.63, 3.8) is 0 Å². The van der Waals surface area contributed by atoms with Crippen molar-refractivity contribution >= 4 is 17.8 Å². The molecule has 0 unspecified atom stereocenters. The van der Waals surface area contributed by atoms with E-state index < -0.39 is 0 Å². The number of nitrogens with one attached hydrogen (secondary N) is 1. The molecule has 0 heterocycles. The lowest BCUT2D eigenvalue weighted by molar-refractivity contribution is 0.995. The van der Waals surface area contributed by atoms with Gasteiger partial charge in [-0.05, 0) is 13.0 Å². The van der Waals surface area contributed by atoms with E-state index in [0.717, 1.165) is 5.70 Å². The second kappa shape index (κ2) is 6.36. The van der Waals surface area contributed by atoms with Gasteiger partial charge >= 0.3 is 0 Å². The normalized spacial score (nSPS) is 11.0. The Morgan fingerprint density at radius 1 is 1.80 bits per heavy atom. The van der Waals surface area contributed by atoms with Gasteiger partial charge in [0.15, 0.2) is 0 Å². The quantitative estimate of drug-likeness (QED) is 0.287. The Kier molecular flexibility index (Phi) is 5.88. The second-order valence-electron chi connectivity index (χ2n) is 1.56. The van der Waals surface area contributed by atoms with Crippen LogP contribution in [0.3, 0.4) is 0 Å². The van der Waals surface area contributed by atoms with Crippen molar-refractivity contribution in [3.05, 3.63) is 24.6 Å². The van der Waals surface area contributed by atoms with Crippen LogP contribution in [-0.2, 0) is 0 Å². The summed E-state index contributed by atoms with van der Waals surface area (Å²) in [5.74, 6) is 0. The number of alkyl halides is 1. The van der Waals surface area contributed by atoms with Crippen LogP contribution in [0.5, 0.6) is 0 Å². The van der Waals surface area contributed by atoms with E-state index in [1.54, 1.807) is 18.5 Å². The fourth-order valence-electron chi connectivity index (χ4n) is 0.364. The molecule has 2 nitrogen and oxygen atoms in total. The smallest absolute Gasteiger partial charge is 0.0901 e. The van der Waals surface area contributed by atoms with Crippen LogP contribution in [0.2, 0.25) is 0 Å². The first-order chi connectivity index (χ1) is 4.81. The molecule has 0 saturated carbocycles. The van der Waals surface area contributed by atoms with Crippen LogP contribution in [0.25, 0.3) is 0 Å². The molecular weight excluding hydrogens is 148 g/mol. The van der Waals surface area contributed by atoms with Crippen LogP contribution in [0, 0.1) is 0 Å². The molecule has 1 N–H and O–H groups in total. The SMILES string of the molecule is C=C(/C=C\N=CC)NCCl. The molecule has 3 heteroatoms. The van der Waals surface area contributed by atoms with Crippen LogP contribution in [0.1, 0.15) is 6.92 Å². The molecule has 56 valence electrons. The minimum Gasteiger partial charge on any atom is -0.372 e. The summed E-state index contributed by atoms with van der Waals surface area (Å²) >= 11 is 5.36. The van der Waals surface area contributed by atoms with Crippen molar-refractivity contribution in [3.8, 4) is 0 Å². The highest BCUT2D eigenvalue weighted by Gasteiger charge is 1.79. The van der Waals surface area contributed by atoms with Crippen LogP contribution >= 0.6 is 11.6 Å². The van der Waals surface area contributed by atoms with Gasteiger partial charge in [-0.25, -0.2) is 0 Å². The third-order valence-corrected chi connectivity index (χ3v) is 0.938. The lowest BCUT2D eigenvalue weighted by Gasteiger charge is -1.96. The first-order valence-corrected chi connectivity index (χ1v) is 3.47. The first kappa shape index (κ1) is 9.24. The maximum atomic E-state index is 5.36. The summed E-state index contributed by atoms with van der Waals surface area (Å²) in [6.45, 7) is 5.51. The highest BCUT2D eigenvalue weighted by atomic mass is 35.5. The predicted molar refractivity (Wildman–Crippen MR) is 46.3 cm³/mol. The lowest BCUT2D eigenvalue weighted by atomic mass is 10.5. The summed E-state index contributed by atoms with van der Waals surface area (Å²) in [7, 11) is 0. The molecule has 0 radical (unpaired) electrons. The molecule has 10 heavy (non-hydrogen) atoms. The van der Waals surface area contributed by atoms with E-state index in [2.05, 4.69) is 16.9 Å². The largest absolute Gasteiger partial charge is 0.372 e. The van der Waals surface area contributed by atoms with Gasteiger partial charge in [0, 0.05) is 18.1 Å². The molecule has 0 aliphatic carbocycles. The third kappa shape index (κ3) is 5.38. The van der Waals surface area contributed by atoms with Crippen molar-refractivity contribution in [2.24, 2.45) is 4.99 Å². The van der Waals surface area contributed by atoms with Gasteiger partial charge < -0.3 is 5.32 Å². The average molecular weight is 159 g/mol. The number of hydrogen-bond acceptors (Lipinski definition) is 2. The Hall–Kier alpha value is -0.760. The third-order valence-electron chi connectivity index (χ3n) is 0.805. The van der Waals surface area contributed by atoms with Gasteiger partial charge in [0.1, 0.15) is 0 Å². The highest BCUT2D eigenvalue weighted by molar-refractivity contribution is 6.17. The summed E-state index contributed by atoms with van der Waals surface area (Å²) in [5.41, 5.74) is 0.764. The van der Waals surface area contributed by atoms with Gasteiger partial charge in [-0.15, -0.1) is 11.6 Å². The monoisotopic (exact) mass is 158 g/mol. The Balaban J connectivity index is 3.56. The minimum absolute atomic E-state index is 0.374. The van der Waals surface area contributed by atoms with Crippen LogP contribution in [0.15, 0.2) is 29.5 Å². The number of nitrogens with zero attached hydrogens (tertiary/aromatic N) is 1. The maximum absolute atomic E-state index is 5.36. The van der Waals surface area contributed by atoms with Gasteiger partial charge in [-0.2, -0.15) is 0 Å². The van der Waals surface area contributed by atoms with Gasteiger partial charge in [0.25, 0.3) is 0 Å². The summed E-state index contributed by atoms with van der Waals surface area (Å²) in [6, 6.07) is 0.374. The fraction of sp³-hybridized carbons (Fsp3) is 0.286. The molecule has 0 spiro atoms. The van der Waals surface area contributed by atoms with Crippen LogP contribution in [0.4, 0.5) is 0 Å². The Morgan fingerprint density at radius 2 is 2.50 bits per heavy atom. The summed E-state index contributed by atoms with van der Waals surface area (Å²) in [5, 5.41) is 2.81. The summed E-state index contributed by atoms with van der Waals surface area (Å²) < 4.78 is 0. The molecule has 0 fully saturated rings. The standard InChI is InChI=1S/C7H11ClN2/c1-3-9-5-4-7(2)10-6-8/h3-5,10H,2,6H2,1H3/b5-4-,9-3?. The fourth-order valence-corrected chi connectivity index (χ4v) is 0.535. The van der Waals surface area contributed by atoms with Crippen molar-refractivity contribution in [1.29, 1.82) is 0 Å². The molecule has 0 bridgehead atoms. The number of hydrogen-bond donors (Lipinski definition) is 1. The first-order valence-electron chi connectivity index (χ1n) is 2.94. The van der Waals surface area contributed by atoms with Gasteiger partial charge in [-0.3, -0.25) is 4.99 Å². The molecular formula is C7H11ClN2. The van der Waals surface area contributed by atoms with E-state index in [1.165, 1.54) is 0 Å². The highest BCUT2D eigenvalue weighted by Crippen LogP contribution is 1.87. The molecule has 0 amide bonds. The number of aliphatic imine (C=N–C) groups is 1. The van der Waals surface area contributed by atoms with E-state index in [0.29, 0.717) is 6.00 Å². The van der Waals surface area contributed by atoms with Crippen molar-refractivity contribution in [2.45, 2.75) is 6.92 Å². The minimum atomic E-state index is 0.374. The summed E-state index contributed by atoms with van der Waals surface area (Å²) in [4.78, 5) is 3.84. The Morgan fingerprint density at radius 3 is 3.00 bits per heavy atom. The van der Waals surface area contributed by atoms with E-state index in [4.69, 9.17) is 11.6 Å². The predicted octanol–water partition coefficient (Wildman–Crippen LogP) is 1.89. The zero-order valence-electron chi connectivity index (χ0n) is 5.97. The van der Waals surface area contributed by atoms with Crippen molar-refractivity contribution in [1.82, 2.24) is 5.32 Å². The van der Waals surface area contributed by atoms with Crippen molar-refractivity contribution < 1.29 is 0 Å². The topological polar surface area (TPSA) is 24.4 Å². The van der Waals surface area contributed by atoms with E-state index >= 15 is 0 Å². The second-order valence-corrected chi connectivity index (χ2v) is 1.83. The van der Waals surface area contributed by atoms with Crippen LogP contribution < -0.4 is 5.32 Å². The van der Waals surface area contributed by atoms with Crippen molar-refractivity contribution in [2.75, 3.05) is 6.00 Å². The Bertz CT molecular complexity index is 150. The summed E-state index contributed by atoms with van der Waals surface area (Å²) in [6.07, 6.45) is 5.11. The van der Waals surface area contributed by atoms with Crippen LogP contribution in [-0.4, -0.2) is 12.2 Å². The molecule has 0 aromatic carbocycles. The van der Waals surface area contributed by atoms with E-state index in [-0.39, 0.29) is 0 Å². The van der Waals surface area contributed by atoms with E-state index in [1.807, 2.05) is 6.92 Å². The Labute approximate surface area is 66.3 Å². The molecule has 0 saturated heterocycles. The van der Waals surface area contributed by atoms with Gasteiger partial charge in [-0.1, -0.05) is 6.58 Å². The molecule has 0 aromatic rings. The number of allylic oxidation sites excluding steroid dienone is 1.